The lowest BCUT2D eigenvalue weighted by molar-refractivity contribution is 0.414. The second kappa shape index (κ2) is 5.13. The average molecular weight is 269 g/mol. The number of hydrogen-bond acceptors (Lipinski definition) is 5. The van der Waals surface area contributed by atoms with Crippen LogP contribution in [0.3, 0.4) is 0 Å². The summed E-state index contributed by atoms with van der Waals surface area (Å²) < 4.78 is 10.7. The predicted octanol–water partition coefficient (Wildman–Crippen LogP) is 2.68. The molecule has 0 spiro atoms. The van der Waals surface area contributed by atoms with E-state index in [9.17, 15) is 0 Å². The molecule has 0 amide bonds. The van der Waals surface area contributed by atoms with Crippen molar-refractivity contribution < 1.29 is 9.47 Å². The van der Waals surface area contributed by atoms with Gasteiger partial charge in [0.2, 0.25) is 0 Å². The van der Waals surface area contributed by atoms with E-state index in [1.807, 2.05) is 35.3 Å². The average Bonchev–Trinajstić information content (AvgIpc) is 2.54. The molecular formula is C15H15N3O2. The number of aliphatic imine (C=N–C) groups is 1. The molecule has 20 heavy (non-hydrogen) atoms. The maximum absolute atomic E-state index is 5.36. The molecule has 1 aliphatic heterocycles. The molecule has 0 aromatic heterocycles. The largest absolute Gasteiger partial charge is 0.497 e. The highest BCUT2D eigenvalue weighted by Gasteiger charge is 2.12. The van der Waals surface area contributed by atoms with Crippen LogP contribution in [-0.4, -0.2) is 20.6 Å². The maximum Gasteiger partial charge on any atom is 0.121 e. The normalized spacial score (nSPS) is 13.4. The Balaban J connectivity index is 2.20. The Hall–Kier alpha value is -2.69. The van der Waals surface area contributed by atoms with Crippen molar-refractivity contribution in [1.29, 1.82) is 0 Å². The molecule has 102 valence electrons. The van der Waals surface area contributed by atoms with Crippen LogP contribution in [0.15, 0.2) is 47.7 Å². The first kappa shape index (κ1) is 12.3. The fourth-order valence-corrected chi connectivity index (χ4v) is 2.16. The first-order chi connectivity index (χ1) is 9.81. The van der Waals surface area contributed by atoms with Crippen molar-refractivity contribution in [3.05, 3.63) is 42.7 Å². The van der Waals surface area contributed by atoms with Gasteiger partial charge in [-0.1, -0.05) is 6.07 Å². The number of ether oxygens (including phenoxy) is 2. The van der Waals surface area contributed by atoms with Crippen LogP contribution in [0.4, 0.5) is 5.69 Å². The highest BCUT2D eigenvalue weighted by atomic mass is 16.5. The van der Waals surface area contributed by atoms with Crippen molar-refractivity contribution in [2.75, 3.05) is 19.2 Å². The smallest absolute Gasteiger partial charge is 0.121 e. The molecular weight excluding hydrogens is 254 g/mol. The third kappa shape index (κ3) is 2.14. The molecule has 0 aliphatic carbocycles. The van der Waals surface area contributed by atoms with Crippen LogP contribution in [-0.2, 0) is 0 Å². The van der Waals surface area contributed by atoms with Gasteiger partial charge in [-0.25, -0.2) is 10.0 Å². The Morgan fingerprint density at radius 1 is 1.05 bits per heavy atom. The van der Waals surface area contributed by atoms with Crippen LogP contribution in [0.5, 0.6) is 11.5 Å². The SMILES string of the molecule is COc1cc(N2C=NC=CN2)c2cc(OC)ccc2c1. The second-order valence-corrected chi connectivity index (χ2v) is 4.31. The maximum atomic E-state index is 5.36. The third-order valence-corrected chi connectivity index (χ3v) is 3.16. The monoisotopic (exact) mass is 269 g/mol. The highest BCUT2D eigenvalue weighted by Crippen LogP contribution is 2.33. The van der Waals surface area contributed by atoms with Crippen LogP contribution in [0.1, 0.15) is 0 Å². The number of methoxy groups -OCH3 is 2. The van der Waals surface area contributed by atoms with Crippen molar-refractivity contribution in [3.63, 3.8) is 0 Å². The number of nitrogens with zero attached hydrogens (tertiary/aromatic N) is 2. The van der Waals surface area contributed by atoms with E-state index in [0.717, 1.165) is 28.0 Å². The van der Waals surface area contributed by atoms with Gasteiger partial charge in [0, 0.05) is 23.9 Å². The van der Waals surface area contributed by atoms with E-state index >= 15 is 0 Å². The summed E-state index contributed by atoms with van der Waals surface area (Å²) in [6.07, 6.45) is 5.18. The fourth-order valence-electron chi connectivity index (χ4n) is 2.16. The fraction of sp³-hybridized carbons (Fsp3) is 0.133. The van der Waals surface area contributed by atoms with E-state index in [-0.39, 0.29) is 0 Å². The zero-order valence-electron chi connectivity index (χ0n) is 11.3. The lowest BCUT2D eigenvalue weighted by Crippen LogP contribution is -2.34. The van der Waals surface area contributed by atoms with Gasteiger partial charge >= 0.3 is 0 Å². The van der Waals surface area contributed by atoms with Crippen molar-refractivity contribution in [3.8, 4) is 11.5 Å². The molecule has 5 nitrogen and oxygen atoms in total. The minimum atomic E-state index is 0.794. The quantitative estimate of drug-likeness (QED) is 0.930. The summed E-state index contributed by atoms with van der Waals surface area (Å²) in [6.45, 7) is 0. The van der Waals surface area contributed by atoms with Crippen LogP contribution in [0.2, 0.25) is 0 Å². The van der Waals surface area contributed by atoms with E-state index in [4.69, 9.17) is 9.47 Å². The summed E-state index contributed by atoms with van der Waals surface area (Å²) in [7, 11) is 3.32. The Bertz CT molecular complexity index is 695. The Labute approximate surface area is 117 Å². The molecule has 0 atom stereocenters. The first-order valence-electron chi connectivity index (χ1n) is 6.21. The summed E-state index contributed by atoms with van der Waals surface area (Å²) in [5.74, 6) is 1.61. The van der Waals surface area contributed by atoms with E-state index in [2.05, 4.69) is 10.4 Å². The van der Waals surface area contributed by atoms with Crippen LogP contribution < -0.4 is 19.9 Å². The zero-order chi connectivity index (χ0) is 13.9. The molecule has 2 aromatic carbocycles. The van der Waals surface area contributed by atoms with Crippen LogP contribution in [0, 0.1) is 0 Å². The minimum Gasteiger partial charge on any atom is -0.497 e. The number of hydrogen-bond donors (Lipinski definition) is 1. The van der Waals surface area contributed by atoms with E-state index in [1.54, 1.807) is 33.0 Å². The Kier molecular flexibility index (Phi) is 3.16. The summed E-state index contributed by atoms with van der Waals surface area (Å²) in [5, 5.41) is 3.97. The van der Waals surface area contributed by atoms with E-state index < -0.39 is 0 Å². The van der Waals surface area contributed by atoms with Gasteiger partial charge in [0.1, 0.15) is 17.8 Å². The van der Waals surface area contributed by atoms with Crippen molar-refractivity contribution in [1.82, 2.24) is 5.43 Å². The predicted molar refractivity (Wildman–Crippen MR) is 80.3 cm³/mol. The van der Waals surface area contributed by atoms with E-state index in [1.165, 1.54) is 0 Å². The van der Waals surface area contributed by atoms with Gasteiger partial charge in [-0.15, -0.1) is 0 Å². The number of hydrazine groups is 1. The van der Waals surface area contributed by atoms with Gasteiger partial charge in [-0.2, -0.15) is 0 Å². The van der Waals surface area contributed by atoms with Crippen LogP contribution in [0.25, 0.3) is 10.8 Å². The molecule has 0 unspecified atom stereocenters. The van der Waals surface area contributed by atoms with Gasteiger partial charge in [0.25, 0.3) is 0 Å². The molecule has 0 fully saturated rings. The van der Waals surface area contributed by atoms with E-state index in [0.29, 0.717) is 0 Å². The van der Waals surface area contributed by atoms with Crippen LogP contribution >= 0.6 is 0 Å². The summed E-state index contributed by atoms with van der Waals surface area (Å²) >= 11 is 0. The molecule has 1 N–H and O–H groups in total. The second-order valence-electron chi connectivity index (χ2n) is 4.31. The molecule has 0 saturated heterocycles. The number of benzene rings is 2. The summed E-state index contributed by atoms with van der Waals surface area (Å²) in [6, 6.07) is 9.90. The number of nitrogens with one attached hydrogen (secondary N) is 1. The number of anilines is 1. The molecule has 0 radical (unpaired) electrons. The van der Waals surface area contributed by atoms with Crippen molar-refractivity contribution >= 4 is 22.8 Å². The van der Waals surface area contributed by atoms with Gasteiger partial charge in [0.05, 0.1) is 19.9 Å². The standard InChI is InChI=1S/C15H15N3O2/c1-19-12-4-3-11-7-13(20-2)9-15(14(11)8-12)18-10-16-5-6-17-18/h3-10,17H,1-2H3. The van der Waals surface area contributed by atoms with Gasteiger partial charge in [-0.3, -0.25) is 5.43 Å². The molecule has 1 heterocycles. The summed E-state index contributed by atoms with van der Waals surface area (Å²) in [4.78, 5) is 4.13. The number of fused-ring (bicyclic) bond motifs is 1. The zero-order valence-corrected chi connectivity index (χ0v) is 11.3. The van der Waals surface area contributed by atoms with Crippen molar-refractivity contribution in [2.45, 2.75) is 0 Å². The minimum absolute atomic E-state index is 0.794. The molecule has 2 aromatic rings. The lowest BCUT2D eigenvalue weighted by Gasteiger charge is -2.23. The van der Waals surface area contributed by atoms with Gasteiger partial charge < -0.3 is 9.47 Å². The molecule has 0 saturated carbocycles. The van der Waals surface area contributed by atoms with Crippen molar-refractivity contribution in [2.24, 2.45) is 4.99 Å². The third-order valence-electron chi connectivity index (χ3n) is 3.16. The summed E-state index contributed by atoms with van der Waals surface area (Å²) in [5.41, 5.74) is 4.07. The van der Waals surface area contributed by atoms with Gasteiger partial charge in [-0.05, 0) is 23.6 Å². The van der Waals surface area contributed by atoms with Gasteiger partial charge in [0.15, 0.2) is 0 Å². The highest BCUT2D eigenvalue weighted by molar-refractivity contribution is 6.00. The molecule has 1 aliphatic rings. The molecule has 5 heteroatoms. The topological polar surface area (TPSA) is 46.1 Å². The molecule has 0 bridgehead atoms. The Morgan fingerprint density at radius 2 is 1.90 bits per heavy atom. The molecule has 3 rings (SSSR count). The lowest BCUT2D eigenvalue weighted by atomic mass is 10.1. The Morgan fingerprint density at radius 3 is 2.60 bits per heavy atom. The first-order valence-corrected chi connectivity index (χ1v) is 6.21. The number of rotatable bonds is 3.